The minimum Gasteiger partial charge on any atom is -0.496 e. The minimum absolute atomic E-state index is 0.163. The van der Waals surface area contributed by atoms with Crippen molar-refractivity contribution >= 4 is 11.9 Å². The highest BCUT2D eigenvalue weighted by atomic mass is 16.5. The molecule has 0 saturated heterocycles. The first-order chi connectivity index (χ1) is 12.6. The van der Waals surface area contributed by atoms with Crippen LogP contribution in [0.4, 0.5) is 4.79 Å². The molecule has 0 bridgehead atoms. The van der Waals surface area contributed by atoms with Gasteiger partial charge in [0.1, 0.15) is 5.75 Å². The number of carbonyl (C=O) groups excluding carboxylic acids is 2. The van der Waals surface area contributed by atoms with Crippen LogP contribution in [0.1, 0.15) is 15.9 Å². The highest BCUT2D eigenvalue weighted by Crippen LogP contribution is 2.34. The van der Waals surface area contributed by atoms with Crippen LogP contribution in [0.2, 0.25) is 0 Å². The Kier molecular flexibility index (Phi) is 6.67. The van der Waals surface area contributed by atoms with E-state index in [1.807, 2.05) is 0 Å². The van der Waals surface area contributed by atoms with Gasteiger partial charge in [0.15, 0.2) is 11.5 Å². The second-order valence-corrected chi connectivity index (χ2v) is 5.15. The van der Waals surface area contributed by atoms with Gasteiger partial charge in [-0.1, -0.05) is 18.2 Å². The quantitative estimate of drug-likeness (QED) is 0.684. The maximum Gasteiger partial charge on any atom is 0.333 e. The van der Waals surface area contributed by atoms with Crippen LogP contribution in [0.3, 0.4) is 0 Å². The molecular weight excluding hydrogens is 338 g/mol. The second kappa shape index (κ2) is 9.16. The fourth-order valence-electron chi connectivity index (χ4n) is 2.23. The Labute approximate surface area is 151 Å². The van der Waals surface area contributed by atoms with E-state index in [0.29, 0.717) is 28.4 Å². The second-order valence-electron chi connectivity index (χ2n) is 5.15. The number of benzene rings is 2. The molecule has 3 amide bonds. The number of amides is 3. The van der Waals surface area contributed by atoms with Gasteiger partial charge in [-0.25, -0.2) is 10.2 Å². The van der Waals surface area contributed by atoms with E-state index in [-0.39, 0.29) is 6.54 Å². The number of urea groups is 1. The maximum absolute atomic E-state index is 11.9. The molecule has 0 aliphatic carbocycles. The topological polar surface area (TPSA) is 97.9 Å². The summed E-state index contributed by atoms with van der Waals surface area (Å²) < 4.78 is 15.8. The number of ether oxygens (including phenoxy) is 3. The van der Waals surface area contributed by atoms with Gasteiger partial charge in [0.05, 0.1) is 21.3 Å². The summed E-state index contributed by atoms with van der Waals surface area (Å²) >= 11 is 0. The van der Waals surface area contributed by atoms with E-state index in [1.54, 1.807) is 42.5 Å². The SMILES string of the molecule is COc1cc(OC)c(OC)cc1CNC(=O)NNC(=O)c1ccccc1. The van der Waals surface area contributed by atoms with Crippen molar-refractivity contribution in [2.24, 2.45) is 0 Å². The van der Waals surface area contributed by atoms with Gasteiger partial charge in [-0.05, 0) is 18.2 Å². The van der Waals surface area contributed by atoms with Crippen molar-refractivity contribution in [2.75, 3.05) is 21.3 Å². The molecule has 2 aromatic carbocycles. The summed E-state index contributed by atoms with van der Waals surface area (Å²) in [5.74, 6) is 1.16. The highest BCUT2D eigenvalue weighted by Gasteiger charge is 2.13. The van der Waals surface area contributed by atoms with E-state index in [2.05, 4.69) is 16.2 Å². The van der Waals surface area contributed by atoms with Crippen molar-refractivity contribution in [2.45, 2.75) is 6.54 Å². The van der Waals surface area contributed by atoms with E-state index < -0.39 is 11.9 Å². The molecule has 2 rings (SSSR count). The van der Waals surface area contributed by atoms with Gasteiger partial charge in [0, 0.05) is 23.7 Å². The normalized spacial score (nSPS) is 9.81. The largest absolute Gasteiger partial charge is 0.496 e. The number of rotatable bonds is 6. The molecular formula is C18H21N3O5. The van der Waals surface area contributed by atoms with Gasteiger partial charge in [-0.3, -0.25) is 10.2 Å². The molecule has 0 aromatic heterocycles. The fraction of sp³-hybridized carbons (Fsp3) is 0.222. The average Bonchev–Trinajstić information content (AvgIpc) is 2.70. The molecule has 8 heteroatoms. The number of nitrogens with one attached hydrogen (secondary N) is 3. The van der Waals surface area contributed by atoms with Crippen LogP contribution < -0.4 is 30.4 Å². The van der Waals surface area contributed by atoms with Crippen molar-refractivity contribution < 1.29 is 23.8 Å². The Balaban J connectivity index is 1.93. The van der Waals surface area contributed by atoms with Crippen LogP contribution >= 0.6 is 0 Å². The average molecular weight is 359 g/mol. The molecule has 26 heavy (non-hydrogen) atoms. The zero-order chi connectivity index (χ0) is 18.9. The van der Waals surface area contributed by atoms with Crippen LogP contribution in [0.5, 0.6) is 17.2 Å². The molecule has 8 nitrogen and oxygen atoms in total. The van der Waals surface area contributed by atoms with Gasteiger partial charge < -0.3 is 19.5 Å². The summed E-state index contributed by atoms with van der Waals surface area (Å²) in [6, 6.07) is 11.4. The maximum atomic E-state index is 11.9. The molecule has 0 aliphatic rings. The number of carbonyl (C=O) groups is 2. The molecule has 0 spiro atoms. The Morgan fingerprint density at radius 3 is 2.08 bits per heavy atom. The zero-order valence-corrected chi connectivity index (χ0v) is 14.8. The summed E-state index contributed by atoms with van der Waals surface area (Å²) in [4.78, 5) is 23.8. The molecule has 0 radical (unpaired) electrons. The molecule has 138 valence electrons. The van der Waals surface area contributed by atoms with Crippen LogP contribution in [0.25, 0.3) is 0 Å². The van der Waals surface area contributed by atoms with Gasteiger partial charge in [-0.15, -0.1) is 0 Å². The lowest BCUT2D eigenvalue weighted by Gasteiger charge is -2.15. The third-order valence-electron chi connectivity index (χ3n) is 3.55. The zero-order valence-electron chi connectivity index (χ0n) is 14.8. The molecule has 0 fully saturated rings. The smallest absolute Gasteiger partial charge is 0.333 e. The molecule has 0 unspecified atom stereocenters. The first kappa shape index (κ1) is 18.9. The molecule has 2 aromatic rings. The van der Waals surface area contributed by atoms with Crippen LogP contribution in [0, 0.1) is 0 Å². The van der Waals surface area contributed by atoms with E-state index in [4.69, 9.17) is 14.2 Å². The van der Waals surface area contributed by atoms with Crippen molar-refractivity contribution in [3.05, 3.63) is 53.6 Å². The first-order valence-electron chi connectivity index (χ1n) is 7.77. The summed E-state index contributed by atoms with van der Waals surface area (Å²) in [6.45, 7) is 0.163. The van der Waals surface area contributed by atoms with Gasteiger partial charge >= 0.3 is 6.03 Å². The standard InChI is InChI=1S/C18H21N3O5/c1-24-14-10-16(26-3)15(25-2)9-13(14)11-19-18(23)21-20-17(22)12-7-5-4-6-8-12/h4-10H,11H2,1-3H3,(H,20,22)(H2,19,21,23). The lowest BCUT2D eigenvalue weighted by Crippen LogP contribution is -2.46. The van der Waals surface area contributed by atoms with Crippen molar-refractivity contribution in [3.63, 3.8) is 0 Å². The predicted octanol–water partition coefficient (Wildman–Crippen LogP) is 1.86. The van der Waals surface area contributed by atoms with Crippen LogP contribution in [-0.2, 0) is 6.54 Å². The summed E-state index contributed by atoms with van der Waals surface area (Å²) in [5.41, 5.74) is 5.75. The summed E-state index contributed by atoms with van der Waals surface area (Å²) in [6.07, 6.45) is 0. The van der Waals surface area contributed by atoms with Crippen molar-refractivity contribution in [3.8, 4) is 17.2 Å². The molecule has 0 aliphatic heterocycles. The fourth-order valence-corrected chi connectivity index (χ4v) is 2.23. The lowest BCUT2D eigenvalue weighted by molar-refractivity contribution is 0.0936. The van der Waals surface area contributed by atoms with Gasteiger partial charge in [-0.2, -0.15) is 0 Å². The number of hydrogen-bond acceptors (Lipinski definition) is 5. The molecule has 0 atom stereocenters. The van der Waals surface area contributed by atoms with Crippen LogP contribution in [-0.4, -0.2) is 33.3 Å². The Bertz CT molecular complexity index is 765. The van der Waals surface area contributed by atoms with Crippen LogP contribution in [0.15, 0.2) is 42.5 Å². The molecule has 3 N–H and O–H groups in total. The number of hydrazine groups is 1. The minimum atomic E-state index is -0.564. The third kappa shape index (κ3) is 4.79. The number of methoxy groups -OCH3 is 3. The third-order valence-corrected chi connectivity index (χ3v) is 3.55. The number of hydrogen-bond donors (Lipinski definition) is 3. The van der Waals surface area contributed by atoms with Crippen molar-refractivity contribution in [1.29, 1.82) is 0 Å². The Hall–Kier alpha value is -3.42. The van der Waals surface area contributed by atoms with Gasteiger partial charge in [0.2, 0.25) is 0 Å². The Morgan fingerprint density at radius 1 is 0.846 bits per heavy atom. The lowest BCUT2D eigenvalue weighted by atomic mass is 10.1. The summed E-state index contributed by atoms with van der Waals surface area (Å²) in [5, 5.41) is 2.63. The highest BCUT2D eigenvalue weighted by molar-refractivity contribution is 5.95. The summed E-state index contributed by atoms with van der Waals surface area (Å²) in [7, 11) is 4.57. The predicted molar refractivity (Wildman–Crippen MR) is 95.4 cm³/mol. The monoisotopic (exact) mass is 359 g/mol. The van der Waals surface area contributed by atoms with E-state index >= 15 is 0 Å². The van der Waals surface area contributed by atoms with E-state index in [1.165, 1.54) is 21.3 Å². The molecule has 0 saturated carbocycles. The van der Waals surface area contributed by atoms with E-state index in [0.717, 1.165) is 0 Å². The van der Waals surface area contributed by atoms with Crippen molar-refractivity contribution in [1.82, 2.24) is 16.2 Å². The Morgan fingerprint density at radius 2 is 1.46 bits per heavy atom. The van der Waals surface area contributed by atoms with E-state index in [9.17, 15) is 9.59 Å². The van der Waals surface area contributed by atoms with Gasteiger partial charge in [0.25, 0.3) is 5.91 Å². The first-order valence-corrected chi connectivity index (χ1v) is 7.77. The molecule has 0 heterocycles.